The van der Waals surface area contributed by atoms with E-state index < -0.39 is 11.2 Å². The van der Waals surface area contributed by atoms with Gasteiger partial charge >= 0.3 is 11.9 Å². The smallest absolute Gasteiger partial charge is 0.362 e. The van der Waals surface area contributed by atoms with Crippen LogP contribution in [0.25, 0.3) is 0 Å². The lowest BCUT2D eigenvalue weighted by Crippen LogP contribution is -2.50. The van der Waals surface area contributed by atoms with Crippen molar-refractivity contribution < 1.29 is 23.5 Å². The van der Waals surface area contributed by atoms with Crippen molar-refractivity contribution in [1.82, 2.24) is 0 Å². The van der Waals surface area contributed by atoms with E-state index in [9.17, 15) is 9.59 Å². The molecule has 0 aromatic rings. The Balaban J connectivity index is 4.89. The van der Waals surface area contributed by atoms with Crippen molar-refractivity contribution in [2.75, 3.05) is 27.2 Å². The minimum Gasteiger partial charge on any atom is -0.451 e. The molecule has 0 amide bonds. The van der Waals surface area contributed by atoms with Gasteiger partial charge in [0.1, 0.15) is 11.2 Å². The number of nitrogens with zero attached hydrogens (tertiary/aromatic N) is 1. The van der Waals surface area contributed by atoms with E-state index in [-0.39, 0.29) is 29.5 Å². The standard InChI is InChI=1S/C26H44NO4/c1-11-25(7,17-13-15-21(3)4)30-23(28)19-27(9,10)20-24(29)31-26(8,12-2)18-14-16-22(5)6/h11-12,15-16H,1-2,13-14,17-20H2,3-10H3/q+1. The second kappa shape index (κ2) is 12.7. The van der Waals surface area contributed by atoms with Crippen LogP contribution in [0.4, 0.5) is 0 Å². The summed E-state index contributed by atoms with van der Waals surface area (Å²) < 4.78 is 11.6. The zero-order chi connectivity index (χ0) is 24.3. The van der Waals surface area contributed by atoms with Crippen LogP contribution in [0.3, 0.4) is 0 Å². The summed E-state index contributed by atoms with van der Waals surface area (Å²) in [5.74, 6) is -0.736. The lowest BCUT2D eigenvalue weighted by molar-refractivity contribution is -0.875. The predicted octanol–water partition coefficient (Wildman–Crippen LogP) is 5.53. The van der Waals surface area contributed by atoms with Crippen molar-refractivity contribution in [3.8, 4) is 0 Å². The minimum absolute atomic E-state index is 0.0593. The molecule has 0 radical (unpaired) electrons. The highest BCUT2D eigenvalue weighted by Crippen LogP contribution is 2.22. The van der Waals surface area contributed by atoms with E-state index in [0.717, 1.165) is 12.8 Å². The summed E-state index contributed by atoms with van der Waals surface area (Å²) in [6.45, 7) is 19.6. The SMILES string of the molecule is C=CC(C)(CCC=C(C)C)OC(=O)C[N+](C)(C)CC(=O)OC(C)(C=C)CCC=C(C)C. The molecule has 0 bridgehead atoms. The molecule has 2 atom stereocenters. The van der Waals surface area contributed by atoms with Gasteiger partial charge in [-0.1, -0.05) is 36.5 Å². The van der Waals surface area contributed by atoms with Gasteiger partial charge in [-0.3, -0.25) is 0 Å². The molecule has 5 nitrogen and oxygen atoms in total. The summed E-state index contributed by atoms with van der Waals surface area (Å²) in [6.07, 6.45) is 10.5. The molecule has 0 rings (SSSR count). The van der Waals surface area contributed by atoms with Gasteiger partial charge in [0.25, 0.3) is 0 Å². The van der Waals surface area contributed by atoms with Gasteiger partial charge in [-0.2, -0.15) is 0 Å². The highest BCUT2D eigenvalue weighted by atomic mass is 16.6. The van der Waals surface area contributed by atoms with Gasteiger partial charge < -0.3 is 14.0 Å². The molecule has 31 heavy (non-hydrogen) atoms. The second-order valence-electron chi connectivity index (χ2n) is 9.87. The zero-order valence-electron chi connectivity index (χ0n) is 21.0. The summed E-state index contributed by atoms with van der Waals surface area (Å²) in [4.78, 5) is 25.2. The monoisotopic (exact) mass is 434 g/mol. The number of rotatable bonds is 14. The first-order valence-corrected chi connectivity index (χ1v) is 11.0. The maximum absolute atomic E-state index is 12.6. The van der Waals surface area contributed by atoms with Crippen molar-refractivity contribution in [1.29, 1.82) is 0 Å². The van der Waals surface area contributed by atoms with Crippen LogP contribution in [-0.2, 0) is 19.1 Å². The van der Waals surface area contributed by atoms with Gasteiger partial charge in [-0.15, -0.1) is 0 Å². The average molecular weight is 435 g/mol. The molecule has 0 saturated heterocycles. The maximum atomic E-state index is 12.6. The molecule has 0 aromatic carbocycles. The van der Waals surface area contributed by atoms with Gasteiger partial charge in [0.15, 0.2) is 13.1 Å². The third-order valence-electron chi connectivity index (χ3n) is 5.06. The van der Waals surface area contributed by atoms with E-state index in [4.69, 9.17) is 9.47 Å². The summed E-state index contributed by atoms with van der Waals surface area (Å²) in [5, 5.41) is 0. The number of likely N-dealkylation sites (N-methyl/N-ethyl adjacent to an activating group) is 1. The second-order valence-corrected chi connectivity index (χ2v) is 9.87. The van der Waals surface area contributed by atoms with Crippen LogP contribution >= 0.6 is 0 Å². The summed E-state index contributed by atoms with van der Waals surface area (Å²) >= 11 is 0. The van der Waals surface area contributed by atoms with E-state index >= 15 is 0 Å². The van der Waals surface area contributed by atoms with Crippen molar-refractivity contribution >= 4 is 11.9 Å². The molecule has 5 heteroatoms. The van der Waals surface area contributed by atoms with Crippen LogP contribution in [0, 0.1) is 0 Å². The number of carbonyl (C=O) groups excluding carboxylic acids is 2. The number of allylic oxidation sites excluding steroid dienone is 4. The van der Waals surface area contributed by atoms with Crippen LogP contribution in [0.2, 0.25) is 0 Å². The molecule has 0 heterocycles. The highest BCUT2D eigenvalue weighted by Gasteiger charge is 2.33. The Kier molecular flexibility index (Phi) is 11.8. The zero-order valence-corrected chi connectivity index (χ0v) is 21.0. The number of hydrogen-bond acceptors (Lipinski definition) is 4. The average Bonchev–Trinajstić information content (AvgIpc) is 2.59. The van der Waals surface area contributed by atoms with E-state index in [1.807, 2.05) is 55.6 Å². The molecule has 2 unspecified atom stereocenters. The predicted molar refractivity (Wildman–Crippen MR) is 129 cm³/mol. The largest absolute Gasteiger partial charge is 0.451 e. The summed E-state index contributed by atoms with van der Waals surface area (Å²) in [7, 11) is 3.62. The quantitative estimate of drug-likeness (QED) is 0.205. The van der Waals surface area contributed by atoms with Gasteiger partial charge in [-0.25, -0.2) is 9.59 Å². The Morgan fingerprint density at radius 3 is 1.35 bits per heavy atom. The number of hydrogen-bond donors (Lipinski definition) is 0. The fourth-order valence-corrected chi connectivity index (χ4v) is 3.02. The first kappa shape index (κ1) is 28.9. The lowest BCUT2D eigenvalue weighted by Gasteiger charge is -2.32. The Morgan fingerprint density at radius 1 is 0.774 bits per heavy atom. The van der Waals surface area contributed by atoms with Gasteiger partial charge in [-0.05, 0) is 79.4 Å². The number of ether oxygens (including phenoxy) is 2. The lowest BCUT2D eigenvalue weighted by atomic mass is 9.99. The van der Waals surface area contributed by atoms with Gasteiger partial charge in [0.2, 0.25) is 0 Å². The third kappa shape index (κ3) is 13.0. The summed E-state index contributed by atoms with van der Waals surface area (Å²) in [6, 6.07) is 0. The van der Waals surface area contributed by atoms with Crippen LogP contribution in [-0.4, -0.2) is 54.8 Å². The molecule has 0 aliphatic rings. The highest BCUT2D eigenvalue weighted by molar-refractivity contribution is 5.73. The summed E-state index contributed by atoms with van der Waals surface area (Å²) in [5.41, 5.74) is 0.967. The van der Waals surface area contributed by atoms with Gasteiger partial charge in [0.05, 0.1) is 14.1 Å². The molecule has 0 aliphatic heterocycles. The molecular formula is C26H44NO4+. The van der Waals surface area contributed by atoms with Crippen LogP contribution in [0.5, 0.6) is 0 Å². The first-order chi connectivity index (χ1) is 14.2. The molecule has 176 valence electrons. The van der Waals surface area contributed by atoms with Crippen LogP contribution in [0.15, 0.2) is 48.6 Å². The maximum Gasteiger partial charge on any atom is 0.362 e. The van der Waals surface area contributed by atoms with Crippen LogP contribution < -0.4 is 0 Å². The molecule has 0 saturated carbocycles. The molecule has 0 aromatic heterocycles. The van der Waals surface area contributed by atoms with Crippen molar-refractivity contribution in [2.24, 2.45) is 0 Å². The van der Waals surface area contributed by atoms with Crippen molar-refractivity contribution in [2.45, 2.75) is 78.4 Å². The molecule has 0 aliphatic carbocycles. The van der Waals surface area contributed by atoms with Crippen molar-refractivity contribution in [3.05, 3.63) is 48.6 Å². The third-order valence-corrected chi connectivity index (χ3v) is 5.06. The van der Waals surface area contributed by atoms with Gasteiger partial charge in [0, 0.05) is 0 Å². The fraction of sp³-hybridized carbons (Fsp3) is 0.615. The van der Waals surface area contributed by atoms with E-state index in [1.165, 1.54) is 11.1 Å². The van der Waals surface area contributed by atoms with Crippen molar-refractivity contribution in [3.63, 3.8) is 0 Å². The first-order valence-electron chi connectivity index (χ1n) is 11.0. The van der Waals surface area contributed by atoms with E-state index in [0.29, 0.717) is 12.8 Å². The normalized spacial score (nSPS) is 15.0. The molecule has 0 N–H and O–H groups in total. The molecule has 0 spiro atoms. The van der Waals surface area contributed by atoms with Crippen LogP contribution in [0.1, 0.15) is 67.2 Å². The molecule has 0 fully saturated rings. The Hall–Kier alpha value is -2.14. The van der Waals surface area contributed by atoms with E-state index in [2.05, 4.69) is 25.3 Å². The Morgan fingerprint density at radius 2 is 1.10 bits per heavy atom. The Bertz CT molecular complexity index is 638. The van der Waals surface area contributed by atoms with E-state index in [1.54, 1.807) is 12.2 Å². The topological polar surface area (TPSA) is 52.6 Å². The fourth-order valence-electron chi connectivity index (χ4n) is 3.02. The molecular weight excluding hydrogens is 390 g/mol. The minimum atomic E-state index is -0.740. The number of quaternary nitrogens is 1. The number of esters is 2. The Labute approximate surface area is 190 Å². The number of carbonyl (C=O) groups is 2.